The molecule has 1 unspecified atom stereocenters. The number of ether oxygens (including phenoxy) is 2. The summed E-state index contributed by atoms with van der Waals surface area (Å²) in [5, 5.41) is 0. The average molecular weight is 422 g/mol. The second-order valence-corrected chi connectivity index (χ2v) is 6.25. The van der Waals surface area contributed by atoms with Crippen LogP contribution in [0.5, 0.6) is 6.01 Å². The van der Waals surface area contributed by atoms with E-state index in [2.05, 4.69) is 30.8 Å². The van der Waals surface area contributed by atoms with Crippen molar-refractivity contribution < 1.29 is 27.1 Å². The van der Waals surface area contributed by atoms with Crippen LogP contribution in [0.15, 0.2) is 33.5 Å². The van der Waals surface area contributed by atoms with Gasteiger partial charge in [0.1, 0.15) is 18.5 Å². The molecule has 3 heterocycles. The molecule has 1 atom stereocenters. The SMILES string of the molecule is FC(F)(F)c1ccnc(OCC2CN(Cc3ccc(Br)o3)CCO2)n1. The molecule has 0 bridgehead atoms. The Bertz CT molecular complexity index is 711. The third kappa shape index (κ3) is 5.16. The van der Waals surface area contributed by atoms with E-state index in [-0.39, 0.29) is 18.7 Å². The third-order valence-electron chi connectivity index (χ3n) is 3.55. The number of aromatic nitrogens is 2. The van der Waals surface area contributed by atoms with E-state index in [0.717, 1.165) is 24.6 Å². The Morgan fingerprint density at radius 1 is 1.32 bits per heavy atom. The van der Waals surface area contributed by atoms with Crippen LogP contribution in [0.25, 0.3) is 0 Å². The van der Waals surface area contributed by atoms with Gasteiger partial charge in [-0.15, -0.1) is 0 Å². The van der Waals surface area contributed by atoms with Crippen LogP contribution in [0.3, 0.4) is 0 Å². The molecule has 0 aliphatic carbocycles. The van der Waals surface area contributed by atoms with Gasteiger partial charge in [0.2, 0.25) is 0 Å². The van der Waals surface area contributed by atoms with Crippen molar-refractivity contribution in [2.45, 2.75) is 18.8 Å². The fourth-order valence-corrected chi connectivity index (χ4v) is 2.76. The highest BCUT2D eigenvalue weighted by atomic mass is 79.9. The van der Waals surface area contributed by atoms with Crippen LogP contribution >= 0.6 is 15.9 Å². The molecule has 6 nitrogen and oxygen atoms in total. The summed E-state index contributed by atoms with van der Waals surface area (Å²) in [7, 11) is 0. The second kappa shape index (κ2) is 7.71. The van der Waals surface area contributed by atoms with Gasteiger partial charge in [-0.3, -0.25) is 4.90 Å². The fraction of sp³-hybridized carbons (Fsp3) is 0.467. The van der Waals surface area contributed by atoms with Crippen molar-refractivity contribution in [3.63, 3.8) is 0 Å². The zero-order valence-electron chi connectivity index (χ0n) is 13.0. The summed E-state index contributed by atoms with van der Waals surface area (Å²) < 4.78 is 54.9. The first-order valence-corrected chi connectivity index (χ1v) is 8.30. The lowest BCUT2D eigenvalue weighted by molar-refractivity contribution is -0.141. The predicted octanol–water partition coefficient (Wildman–Crippen LogP) is 3.13. The Labute approximate surface area is 150 Å². The lowest BCUT2D eigenvalue weighted by atomic mass is 10.2. The summed E-state index contributed by atoms with van der Waals surface area (Å²) >= 11 is 3.26. The van der Waals surface area contributed by atoms with E-state index in [1.807, 2.05) is 12.1 Å². The minimum absolute atomic E-state index is 0.0691. The standard InChI is InChI=1S/C15H15BrF3N3O3/c16-13-2-1-10(25-13)7-22-5-6-23-11(8-22)9-24-14-20-4-3-12(21-14)15(17,18)19/h1-4,11H,5-9H2. The van der Waals surface area contributed by atoms with Crippen molar-refractivity contribution in [2.24, 2.45) is 0 Å². The minimum atomic E-state index is -4.53. The second-order valence-electron chi connectivity index (χ2n) is 5.47. The molecule has 2 aromatic heterocycles. The Morgan fingerprint density at radius 2 is 2.16 bits per heavy atom. The zero-order chi connectivity index (χ0) is 17.9. The van der Waals surface area contributed by atoms with Crippen LogP contribution in [0.1, 0.15) is 11.5 Å². The summed E-state index contributed by atoms with van der Waals surface area (Å²) in [5.41, 5.74) is -1.04. The maximum absolute atomic E-state index is 12.6. The first kappa shape index (κ1) is 18.2. The van der Waals surface area contributed by atoms with E-state index in [1.54, 1.807) is 0 Å². The molecule has 0 spiro atoms. The number of hydrogen-bond acceptors (Lipinski definition) is 6. The lowest BCUT2D eigenvalue weighted by Crippen LogP contribution is -2.44. The first-order valence-electron chi connectivity index (χ1n) is 7.51. The lowest BCUT2D eigenvalue weighted by Gasteiger charge is -2.31. The van der Waals surface area contributed by atoms with Gasteiger partial charge in [-0.05, 0) is 34.1 Å². The van der Waals surface area contributed by atoms with E-state index < -0.39 is 11.9 Å². The highest BCUT2D eigenvalue weighted by Gasteiger charge is 2.33. The summed E-state index contributed by atoms with van der Waals surface area (Å²) in [6.07, 6.45) is -3.80. The van der Waals surface area contributed by atoms with E-state index in [4.69, 9.17) is 13.9 Å². The van der Waals surface area contributed by atoms with Gasteiger partial charge in [0, 0.05) is 19.3 Å². The molecule has 25 heavy (non-hydrogen) atoms. The molecule has 0 aromatic carbocycles. The number of hydrogen-bond donors (Lipinski definition) is 0. The number of rotatable bonds is 5. The highest BCUT2D eigenvalue weighted by Crippen LogP contribution is 2.28. The molecule has 1 saturated heterocycles. The van der Waals surface area contributed by atoms with Crippen molar-refractivity contribution in [1.29, 1.82) is 0 Å². The molecule has 136 valence electrons. The maximum Gasteiger partial charge on any atom is 0.433 e. The number of morpholine rings is 1. The fourth-order valence-electron chi connectivity index (χ4n) is 2.42. The minimum Gasteiger partial charge on any atom is -0.461 e. The average Bonchev–Trinajstić information content (AvgIpc) is 2.98. The van der Waals surface area contributed by atoms with Crippen LogP contribution in [-0.2, 0) is 17.5 Å². The molecular formula is C15H15BrF3N3O3. The molecule has 2 aromatic rings. The molecule has 0 saturated carbocycles. The van der Waals surface area contributed by atoms with Gasteiger partial charge >= 0.3 is 12.2 Å². The molecule has 1 aliphatic rings. The Hall–Kier alpha value is -1.65. The number of furan rings is 1. The summed E-state index contributed by atoms with van der Waals surface area (Å²) in [4.78, 5) is 9.20. The quantitative estimate of drug-likeness (QED) is 0.738. The van der Waals surface area contributed by atoms with Crippen molar-refractivity contribution in [1.82, 2.24) is 14.9 Å². The Balaban J connectivity index is 1.53. The molecule has 1 fully saturated rings. The smallest absolute Gasteiger partial charge is 0.433 e. The third-order valence-corrected chi connectivity index (χ3v) is 3.98. The van der Waals surface area contributed by atoms with Gasteiger partial charge in [0.25, 0.3) is 0 Å². The van der Waals surface area contributed by atoms with E-state index in [1.165, 1.54) is 0 Å². The van der Waals surface area contributed by atoms with E-state index >= 15 is 0 Å². The normalized spacial score (nSPS) is 19.1. The van der Waals surface area contributed by atoms with Gasteiger partial charge < -0.3 is 13.9 Å². The zero-order valence-corrected chi connectivity index (χ0v) is 14.6. The summed E-state index contributed by atoms with van der Waals surface area (Å²) in [5.74, 6) is 0.814. The van der Waals surface area contributed by atoms with E-state index in [9.17, 15) is 13.2 Å². The first-order chi connectivity index (χ1) is 11.9. The molecule has 0 amide bonds. The van der Waals surface area contributed by atoms with Gasteiger partial charge in [0.05, 0.1) is 13.2 Å². The largest absolute Gasteiger partial charge is 0.461 e. The van der Waals surface area contributed by atoms with Crippen molar-refractivity contribution in [3.05, 3.63) is 40.5 Å². The maximum atomic E-state index is 12.6. The number of halogens is 4. The predicted molar refractivity (Wildman–Crippen MR) is 84.0 cm³/mol. The summed E-state index contributed by atoms with van der Waals surface area (Å²) in [6.45, 7) is 2.48. The number of nitrogens with zero attached hydrogens (tertiary/aromatic N) is 3. The molecular weight excluding hydrogens is 407 g/mol. The molecule has 3 rings (SSSR count). The summed E-state index contributed by atoms with van der Waals surface area (Å²) in [6, 6.07) is 4.18. The Kier molecular flexibility index (Phi) is 5.60. The molecule has 0 N–H and O–H groups in total. The number of alkyl halides is 3. The van der Waals surface area contributed by atoms with Crippen LogP contribution in [0, 0.1) is 0 Å². The highest BCUT2D eigenvalue weighted by molar-refractivity contribution is 9.10. The Morgan fingerprint density at radius 3 is 2.88 bits per heavy atom. The molecule has 0 radical (unpaired) electrons. The van der Waals surface area contributed by atoms with Crippen LogP contribution in [0.2, 0.25) is 0 Å². The van der Waals surface area contributed by atoms with Crippen molar-refractivity contribution in [2.75, 3.05) is 26.3 Å². The molecule has 1 aliphatic heterocycles. The monoisotopic (exact) mass is 421 g/mol. The van der Waals surface area contributed by atoms with Crippen molar-refractivity contribution in [3.8, 4) is 6.01 Å². The molecule has 10 heteroatoms. The van der Waals surface area contributed by atoms with Gasteiger partial charge in [-0.2, -0.15) is 18.2 Å². The topological polar surface area (TPSA) is 60.6 Å². The van der Waals surface area contributed by atoms with Crippen molar-refractivity contribution >= 4 is 15.9 Å². The van der Waals surface area contributed by atoms with Gasteiger partial charge in [-0.1, -0.05) is 0 Å². The van der Waals surface area contributed by atoms with Crippen LogP contribution in [0.4, 0.5) is 13.2 Å². The van der Waals surface area contributed by atoms with Gasteiger partial charge in [-0.25, -0.2) is 4.98 Å². The van der Waals surface area contributed by atoms with Crippen LogP contribution < -0.4 is 4.74 Å². The van der Waals surface area contributed by atoms with Crippen LogP contribution in [-0.4, -0.2) is 47.3 Å². The van der Waals surface area contributed by atoms with E-state index in [0.29, 0.717) is 24.4 Å². The van der Waals surface area contributed by atoms with Gasteiger partial charge in [0.15, 0.2) is 10.4 Å².